The molecule has 0 aliphatic heterocycles. The molecule has 0 spiro atoms. The van der Waals surface area contributed by atoms with Gasteiger partial charge in [0.1, 0.15) is 0 Å². The molecular weight excluding hydrogens is 336 g/mol. The lowest BCUT2D eigenvalue weighted by Gasteiger charge is -2.17. The topological polar surface area (TPSA) is 12.0 Å². The summed E-state index contributed by atoms with van der Waals surface area (Å²) in [7, 11) is 1.90. The van der Waals surface area contributed by atoms with Gasteiger partial charge in [-0.15, -0.1) is 0 Å². The van der Waals surface area contributed by atoms with Crippen LogP contribution in [0, 0.1) is 17.6 Å². The van der Waals surface area contributed by atoms with Gasteiger partial charge in [0.15, 0.2) is 11.6 Å². The largest absolute Gasteiger partial charge is 0.319 e. The number of rotatable bonds is 6. The van der Waals surface area contributed by atoms with Crippen LogP contribution in [0.1, 0.15) is 11.1 Å². The lowest BCUT2D eigenvalue weighted by Crippen LogP contribution is -2.22. The van der Waals surface area contributed by atoms with Crippen molar-refractivity contribution in [1.29, 1.82) is 0 Å². The van der Waals surface area contributed by atoms with E-state index in [-0.39, 0.29) is 0 Å². The van der Waals surface area contributed by atoms with Crippen molar-refractivity contribution in [2.24, 2.45) is 5.92 Å². The van der Waals surface area contributed by atoms with Crippen LogP contribution in [0.15, 0.2) is 46.9 Å². The summed E-state index contributed by atoms with van der Waals surface area (Å²) in [5.74, 6) is -1.24. The zero-order valence-electron chi connectivity index (χ0n) is 11.9. The van der Waals surface area contributed by atoms with Gasteiger partial charge < -0.3 is 5.32 Å². The Kier molecular flexibility index (Phi) is 5.88. The first-order valence-corrected chi connectivity index (χ1v) is 7.70. The monoisotopic (exact) mass is 353 g/mol. The van der Waals surface area contributed by atoms with Crippen molar-refractivity contribution < 1.29 is 8.78 Å². The molecule has 0 saturated heterocycles. The van der Waals surface area contributed by atoms with Crippen LogP contribution in [-0.4, -0.2) is 13.6 Å². The molecule has 4 heteroatoms. The van der Waals surface area contributed by atoms with Crippen molar-refractivity contribution in [1.82, 2.24) is 5.32 Å². The maximum atomic E-state index is 13.3. The van der Waals surface area contributed by atoms with E-state index < -0.39 is 11.6 Å². The van der Waals surface area contributed by atoms with Gasteiger partial charge in [0.2, 0.25) is 0 Å². The van der Waals surface area contributed by atoms with Crippen LogP contribution in [0.4, 0.5) is 8.78 Å². The first-order chi connectivity index (χ1) is 10.1. The maximum absolute atomic E-state index is 13.3. The molecule has 0 saturated carbocycles. The summed E-state index contributed by atoms with van der Waals surface area (Å²) in [5.41, 5.74) is 2.06. The lowest BCUT2D eigenvalue weighted by molar-refractivity contribution is 0.483. The van der Waals surface area contributed by atoms with Crippen LogP contribution in [-0.2, 0) is 12.8 Å². The second-order valence-electron chi connectivity index (χ2n) is 5.21. The van der Waals surface area contributed by atoms with E-state index in [9.17, 15) is 8.78 Å². The molecule has 112 valence electrons. The summed E-state index contributed by atoms with van der Waals surface area (Å²) in [6.07, 6.45) is 1.61. The third-order valence-electron chi connectivity index (χ3n) is 3.44. The molecule has 0 radical (unpaired) electrons. The van der Waals surface area contributed by atoms with E-state index in [0.29, 0.717) is 12.3 Å². The van der Waals surface area contributed by atoms with E-state index in [1.807, 2.05) is 19.2 Å². The fourth-order valence-corrected chi connectivity index (χ4v) is 2.72. The smallest absolute Gasteiger partial charge is 0.159 e. The van der Waals surface area contributed by atoms with Crippen LogP contribution >= 0.6 is 15.9 Å². The van der Waals surface area contributed by atoms with Crippen molar-refractivity contribution in [3.63, 3.8) is 0 Å². The van der Waals surface area contributed by atoms with Gasteiger partial charge in [-0.2, -0.15) is 0 Å². The van der Waals surface area contributed by atoms with E-state index in [1.165, 1.54) is 17.7 Å². The molecule has 0 amide bonds. The van der Waals surface area contributed by atoms with Crippen LogP contribution in [0.25, 0.3) is 0 Å². The Morgan fingerprint density at radius 1 is 0.952 bits per heavy atom. The van der Waals surface area contributed by atoms with Crippen molar-refractivity contribution in [2.75, 3.05) is 13.6 Å². The normalized spacial score (nSPS) is 12.4. The van der Waals surface area contributed by atoms with Gasteiger partial charge in [-0.1, -0.05) is 34.1 Å². The Bertz CT molecular complexity index is 584. The Balaban J connectivity index is 2.07. The average Bonchev–Trinajstić information content (AvgIpc) is 2.46. The minimum Gasteiger partial charge on any atom is -0.319 e. The third-order valence-corrected chi connectivity index (χ3v) is 3.97. The Morgan fingerprint density at radius 3 is 2.19 bits per heavy atom. The summed E-state index contributed by atoms with van der Waals surface area (Å²) in [6, 6.07) is 12.3. The predicted molar refractivity (Wildman–Crippen MR) is 85.3 cm³/mol. The van der Waals surface area contributed by atoms with Gasteiger partial charge in [-0.3, -0.25) is 0 Å². The minimum absolute atomic E-state index is 0.334. The van der Waals surface area contributed by atoms with Gasteiger partial charge in [0.25, 0.3) is 0 Å². The molecule has 0 bridgehead atoms. The molecule has 0 aliphatic carbocycles. The van der Waals surface area contributed by atoms with Crippen LogP contribution < -0.4 is 5.32 Å². The number of hydrogen-bond acceptors (Lipinski definition) is 1. The van der Waals surface area contributed by atoms with E-state index >= 15 is 0 Å². The molecule has 1 atom stereocenters. The first kappa shape index (κ1) is 16.1. The van der Waals surface area contributed by atoms with E-state index in [0.717, 1.165) is 23.0 Å². The molecule has 1 unspecified atom stereocenters. The molecule has 0 fully saturated rings. The van der Waals surface area contributed by atoms with E-state index in [4.69, 9.17) is 0 Å². The highest BCUT2D eigenvalue weighted by Gasteiger charge is 2.12. The zero-order valence-corrected chi connectivity index (χ0v) is 13.5. The van der Waals surface area contributed by atoms with Gasteiger partial charge >= 0.3 is 0 Å². The predicted octanol–water partition coefficient (Wildman–Crippen LogP) is 4.35. The summed E-state index contributed by atoms with van der Waals surface area (Å²) in [6.45, 7) is 0.828. The fourth-order valence-electron chi connectivity index (χ4n) is 2.46. The van der Waals surface area contributed by atoms with Crippen molar-refractivity contribution in [3.8, 4) is 0 Å². The Morgan fingerprint density at radius 2 is 1.57 bits per heavy atom. The summed E-state index contributed by atoms with van der Waals surface area (Å²) >= 11 is 3.42. The van der Waals surface area contributed by atoms with Crippen molar-refractivity contribution in [3.05, 3.63) is 69.7 Å². The van der Waals surface area contributed by atoms with E-state index in [1.54, 1.807) is 6.07 Å². The molecule has 0 heterocycles. The maximum Gasteiger partial charge on any atom is 0.159 e. The fraction of sp³-hybridized carbons (Fsp3) is 0.294. The zero-order chi connectivity index (χ0) is 15.2. The molecule has 2 aromatic carbocycles. The standard InChI is InChI=1S/C17H18BrF2N/c1-21-11-14(8-12-2-5-15(18)6-3-12)9-13-4-7-16(19)17(20)10-13/h2-7,10,14,21H,8-9,11H2,1H3. The number of benzene rings is 2. The number of nitrogens with one attached hydrogen (secondary N) is 1. The van der Waals surface area contributed by atoms with E-state index in [2.05, 4.69) is 33.4 Å². The number of hydrogen-bond donors (Lipinski definition) is 1. The van der Waals surface area contributed by atoms with Gasteiger partial charge in [0.05, 0.1) is 0 Å². The molecule has 21 heavy (non-hydrogen) atoms. The highest BCUT2D eigenvalue weighted by atomic mass is 79.9. The van der Waals surface area contributed by atoms with Crippen LogP contribution in [0.5, 0.6) is 0 Å². The van der Waals surface area contributed by atoms with Gasteiger partial charge in [-0.05, 0) is 67.7 Å². The van der Waals surface area contributed by atoms with Crippen LogP contribution in [0.3, 0.4) is 0 Å². The summed E-state index contributed by atoms with van der Waals surface area (Å²) in [5, 5.41) is 3.17. The lowest BCUT2D eigenvalue weighted by atomic mass is 9.92. The molecule has 1 N–H and O–H groups in total. The van der Waals surface area contributed by atoms with Gasteiger partial charge in [0, 0.05) is 4.47 Å². The Labute approximate surface area is 132 Å². The molecule has 2 aromatic rings. The van der Waals surface area contributed by atoms with Crippen LogP contribution in [0.2, 0.25) is 0 Å². The SMILES string of the molecule is CNCC(Cc1ccc(Br)cc1)Cc1ccc(F)c(F)c1. The number of halogens is 3. The first-order valence-electron chi connectivity index (χ1n) is 6.91. The molecule has 1 nitrogen and oxygen atoms in total. The van der Waals surface area contributed by atoms with Crippen molar-refractivity contribution >= 4 is 15.9 Å². The highest BCUT2D eigenvalue weighted by molar-refractivity contribution is 9.10. The quantitative estimate of drug-likeness (QED) is 0.813. The summed E-state index contributed by atoms with van der Waals surface area (Å²) in [4.78, 5) is 0. The summed E-state index contributed by atoms with van der Waals surface area (Å²) < 4.78 is 27.3. The molecule has 2 rings (SSSR count). The second-order valence-corrected chi connectivity index (χ2v) is 6.12. The van der Waals surface area contributed by atoms with Crippen molar-refractivity contribution in [2.45, 2.75) is 12.8 Å². The Hall–Kier alpha value is -1.26. The van der Waals surface area contributed by atoms with Gasteiger partial charge in [-0.25, -0.2) is 8.78 Å². The third kappa shape index (κ3) is 4.90. The second kappa shape index (κ2) is 7.66. The average molecular weight is 354 g/mol. The molecule has 0 aliphatic rings. The molecule has 0 aromatic heterocycles. The molecular formula is C17H18BrF2N. The highest BCUT2D eigenvalue weighted by Crippen LogP contribution is 2.18. The minimum atomic E-state index is -0.795.